The van der Waals surface area contributed by atoms with Gasteiger partial charge in [-0.25, -0.2) is 4.79 Å². The summed E-state index contributed by atoms with van der Waals surface area (Å²) in [5, 5.41) is 12.1. The molecule has 0 bridgehead atoms. The lowest BCUT2D eigenvalue weighted by molar-refractivity contribution is 0.115. The van der Waals surface area contributed by atoms with Crippen molar-refractivity contribution in [3.8, 4) is 0 Å². The van der Waals surface area contributed by atoms with E-state index in [1.807, 2.05) is 0 Å². The molecular formula is C13H19N3O2. The Morgan fingerprint density at radius 1 is 1.50 bits per heavy atom. The lowest BCUT2D eigenvalue weighted by atomic mass is 10.0. The second-order valence-corrected chi connectivity index (χ2v) is 4.58. The molecule has 98 valence electrons. The Bertz CT molecular complexity index is 422. The summed E-state index contributed by atoms with van der Waals surface area (Å²) < 4.78 is 0. The highest BCUT2D eigenvalue weighted by Crippen LogP contribution is 2.19. The predicted molar refractivity (Wildman–Crippen MR) is 71.3 cm³/mol. The van der Waals surface area contributed by atoms with Crippen LogP contribution in [0.5, 0.6) is 0 Å². The van der Waals surface area contributed by atoms with Crippen LogP contribution in [0.4, 0.5) is 16.2 Å². The fraction of sp³-hybridized carbons (Fsp3) is 0.462. The zero-order valence-corrected chi connectivity index (χ0v) is 10.3. The van der Waals surface area contributed by atoms with Crippen molar-refractivity contribution in [1.82, 2.24) is 4.90 Å². The van der Waals surface area contributed by atoms with E-state index in [0.717, 1.165) is 19.3 Å². The van der Waals surface area contributed by atoms with E-state index in [1.165, 1.54) is 0 Å². The number of nitrogens with zero attached hydrogens (tertiary/aromatic N) is 1. The third kappa shape index (κ3) is 2.92. The molecule has 1 aromatic rings. The summed E-state index contributed by atoms with van der Waals surface area (Å²) >= 11 is 0. The maximum Gasteiger partial charge on any atom is 0.322 e. The number of carbonyl (C=O) groups excluding carboxylic acids is 1. The van der Waals surface area contributed by atoms with Crippen molar-refractivity contribution in [3.63, 3.8) is 0 Å². The van der Waals surface area contributed by atoms with Crippen LogP contribution in [-0.4, -0.2) is 35.2 Å². The Labute approximate surface area is 107 Å². The standard InChI is InChI=1S/C13H19N3O2/c14-10-4-3-5-11(8-10)15-13(18)16-7-2-1-6-12(16)9-17/h3-5,8,12,17H,1-2,6-7,9,14H2,(H,15,18). The molecule has 0 saturated carbocycles. The van der Waals surface area contributed by atoms with Gasteiger partial charge in [0.2, 0.25) is 0 Å². The minimum atomic E-state index is -0.167. The summed E-state index contributed by atoms with van der Waals surface area (Å²) in [6, 6.07) is 6.85. The number of aliphatic hydroxyl groups excluding tert-OH is 1. The lowest BCUT2D eigenvalue weighted by Gasteiger charge is -2.34. The minimum absolute atomic E-state index is 0.0182. The largest absolute Gasteiger partial charge is 0.399 e. The average Bonchev–Trinajstić information content (AvgIpc) is 2.38. The molecule has 0 aromatic heterocycles. The van der Waals surface area contributed by atoms with E-state index in [1.54, 1.807) is 29.2 Å². The first-order valence-corrected chi connectivity index (χ1v) is 6.24. The highest BCUT2D eigenvalue weighted by Gasteiger charge is 2.25. The molecular weight excluding hydrogens is 230 g/mol. The zero-order chi connectivity index (χ0) is 13.0. The van der Waals surface area contributed by atoms with Gasteiger partial charge in [0.25, 0.3) is 0 Å². The number of urea groups is 1. The van der Waals surface area contributed by atoms with Crippen LogP contribution < -0.4 is 11.1 Å². The lowest BCUT2D eigenvalue weighted by Crippen LogP contribution is -2.47. The topological polar surface area (TPSA) is 78.6 Å². The van der Waals surface area contributed by atoms with Gasteiger partial charge in [0.1, 0.15) is 0 Å². The number of nitrogens with one attached hydrogen (secondary N) is 1. The number of hydrogen-bond donors (Lipinski definition) is 3. The molecule has 5 heteroatoms. The number of aliphatic hydroxyl groups is 1. The zero-order valence-electron chi connectivity index (χ0n) is 10.3. The Morgan fingerprint density at radius 2 is 2.33 bits per heavy atom. The minimum Gasteiger partial charge on any atom is -0.399 e. The van der Waals surface area contributed by atoms with Crippen LogP contribution in [0, 0.1) is 0 Å². The first kappa shape index (κ1) is 12.7. The van der Waals surface area contributed by atoms with Crippen LogP contribution in [-0.2, 0) is 0 Å². The van der Waals surface area contributed by atoms with E-state index < -0.39 is 0 Å². The van der Waals surface area contributed by atoms with E-state index in [2.05, 4.69) is 5.32 Å². The number of nitrogens with two attached hydrogens (primary N) is 1. The van der Waals surface area contributed by atoms with E-state index in [-0.39, 0.29) is 18.7 Å². The molecule has 18 heavy (non-hydrogen) atoms. The SMILES string of the molecule is Nc1cccc(NC(=O)N2CCCCC2CO)c1. The molecule has 1 aromatic carbocycles. The number of rotatable bonds is 2. The van der Waals surface area contributed by atoms with Crippen molar-refractivity contribution >= 4 is 17.4 Å². The van der Waals surface area contributed by atoms with Gasteiger partial charge in [-0.05, 0) is 37.5 Å². The van der Waals surface area contributed by atoms with Gasteiger partial charge in [-0.3, -0.25) is 0 Å². The number of hydrogen-bond acceptors (Lipinski definition) is 3. The molecule has 1 saturated heterocycles. The second kappa shape index (κ2) is 5.73. The molecule has 1 heterocycles. The molecule has 1 aliphatic rings. The quantitative estimate of drug-likeness (QED) is 0.697. The Balaban J connectivity index is 2.02. The van der Waals surface area contributed by atoms with Crippen molar-refractivity contribution in [2.24, 2.45) is 0 Å². The van der Waals surface area contributed by atoms with Crippen molar-refractivity contribution < 1.29 is 9.90 Å². The van der Waals surface area contributed by atoms with E-state index in [4.69, 9.17) is 5.73 Å². The van der Waals surface area contributed by atoms with Gasteiger partial charge in [0.05, 0.1) is 12.6 Å². The predicted octanol–water partition coefficient (Wildman–Crippen LogP) is 1.65. The molecule has 1 aliphatic heterocycles. The third-order valence-electron chi connectivity index (χ3n) is 3.24. The Morgan fingerprint density at radius 3 is 3.06 bits per heavy atom. The van der Waals surface area contributed by atoms with Crippen molar-refractivity contribution in [2.75, 3.05) is 24.2 Å². The van der Waals surface area contributed by atoms with Crippen LogP contribution in [0.25, 0.3) is 0 Å². The fourth-order valence-corrected chi connectivity index (χ4v) is 2.27. The fourth-order valence-electron chi connectivity index (χ4n) is 2.27. The summed E-state index contributed by atoms with van der Waals surface area (Å²) in [5.74, 6) is 0. The van der Waals surface area contributed by atoms with Crippen LogP contribution in [0.15, 0.2) is 24.3 Å². The van der Waals surface area contributed by atoms with Gasteiger partial charge in [-0.1, -0.05) is 6.07 Å². The molecule has 0 aliphatic carbocycles. The second-order valence-electron chi connectivity index (χ2n) is 4.58. The Hall–Kier alpha value is -1.75. The number of anilines is 2. The van der Waals surface area contributed by atoms with E-state index >= 15 is 0 Å². The molecule has 2 amide bonds. The molecule has 4 N–H and O–H groups in total. The molecule has 0 spiro atoms. The number of likely N-dealkylation sites (tertiary alicyclic amines) is 1. The van der Waals surface area contributed by atoms with Gasteiger partial charge in [0, 0.05) is 17.9 Å². The van der Waals surface area contributed by atoms with Crippen molar-refractivity contribution in [2.45, 2.75) is 25.3 Å². The molecule has 2 rings (SSSR count). The summed E-state index contributed by atoms with van der Waals surface area (Å²) in [6.07, 6.45) is 2.91. The number of carbonyl (C=O) groups is 1. The molecule has 1 atom stereocenters. The summed E-state index contributed by atoms with van der Waals surface area (Å²) in [6.45, 7) is 0.712. The summed E-state index contributed by atoms with van der Waals surface area (Å²) in [7, 11) is 0. The number of piperidine rings is 1. The van der Waals surface area contributed by atoms with Crippen molar-refractivity contribution in [3.05, 3.63) is 24.3 Å². The van der Waals surface area contributed by atoms with Gasteiger partial charge in [-0.15, -0.1) is 0 Å². The first-order valence-electron chi connectivity index (χ1n) is 6.24. The third-order valence-corrected chi connectivity index (χ3v) is 3.24. The molecule has 1 unspecified atom stereocenters. The van der Waals surface area contributed by atoms with Gasteiger partial charge in [0.15, 0.2) is 0 Å². The maximum absolute atomic E-state index is 12.1. The van der Waals surface area contributed by atoms with Gasteiger partial charge in [-0.2, -0.15) is 0 Å². The number of amides is 2. The molecule has 0 radical (unpaired) electrons. The summed E-state index contributed by atoms with van der Waals surface area (Å²) in [5.41, 5.74) is 6.96. The Kier molecular flexibility index (Phi) is 4.04. The smallest absolute Gasteiger partial charge is 0.322 e. The highest BCUT2D eigenvalue weighted by molar-refractivity contribution is 5.90. The monoisotopic (exact) mass is 249 g/mol. The van der Waals surface area contributed by atoms with Gasteiger partial charge >= 0.3 is 6.03 Å². The van der Waals surface area contributed by atoms with Crippen LogP contribution in [0.1, 0.15) is 19.3 Å². The van der Waals surface area contributed by atoms with Gasteiger partial charge < -0.3 is 21.1 Å². The maximum atomic E-state index is 12.1. The normalized spacial score (nSPS) is 19.6. The van der Waals surface area contributed by atoms with E-state index in [9.17, 15) is 9.90 Å². The highest BCUT2D eigenvalue weighted by atomic mass is 16.3. The molecule has 1 fully saturated rings. The first-order chi connectivity index (χ1) is 8.70. The summed E-state index contributed by atoms with van der Waals surface area (Å²) in [4.78, 5) is 13.8. The number of benzene rings is 1. The van der Waals surface area contributed by atoms with E-state index in [0.29, 0.717) is 17.9 Å². The van der Waals surface area contributed by atoms with Crippen LogP contribution >= 0.6 is 0 Å². The number of nitrogen functional groups attached to an aromatic ring is 1. The van der Waals surface area contributed by atoms with Crippen LogP contribution in [0.3, 0.4) is 0 Å². The molecule has 5 nitrogen and oxygen atoms in total. The van der Waals surface area contributed by atoms with Crippen molar-refractivity contribution in [1.29, 1.82) is 0 Å². The van der Waals surface area contributed by atoms with Crippen LogP contribution in [0.2, 0.25) is 0 Å². The average molecular weight is 249 g/mol.